The molecule has 26 heavy (non-hydrogen) atoms. The summed E-state index contributed by atoms with van der Waals surface area (Å²) < 4.78 is 34.8. The summed E-state index contributed by atoms with van der Waals surface area (Å²) in [5.41, 5.74) is 0. The van der Waals surface area contributed by atoms with Crippen molar-refractivity contribution in [3.8, 4) is 5.75 Å². The molecular weight excluding hydrogens is 401 g/mol. The van der Waals surface area contributed by atoms with Gasteiger partial charge in [-0.3, -0.25) is 4.79 Å². The van der Waals surface area contributed by atoms with Crippen molar-refractivity contribution < 1.29 is 22.7 Å². The molecule has 2 aliphatic heterocycles. The van der Waals surface area contributed by atoms with E-state index in [0.717, 1.165) is 12.8 Å². The molecule has 0 unspecified atom stereocenters. The molecule has 144 valence electrons. The maximum Gasteiger partial charge on any atom is 0.260 e. The second-order valence-electron chi connectivity index (χ2n) is 6.60. The molecule has 1 amide bonds. The van der Waals surface area contributed by atoms with Crippen LogP contribution in [-0.2, 0) is 19.4 Å². The Bertz CT molecular complexity index is 764. The minimum absolute atomic E-state index is 0.0105. The molecule has 3 rings (SSSR count). The van der Waals surface area contributed by atoms with Gasteiger partial charge >= 0.3 is 0 Å². The first kappa shape index (κ1) is 19.7. The molecule has 2 fully saturated rings. The molecule has 2 saturated heterocycles. The highest BCUT2D eigenvalue weighted by Gasteiger charge is 2.36. The molecule has 6 nitrogen and oxygen atoms in total. The van der Waals surface area contributed by atoms with Crippen LogP contribution in [0.4, 0.5) is 0 Å². The third-order valence-corrected chi connectivity index (χ3v) is 6.94. The lowest BCUT2D eigenvalue weighted by Crippen LogP contribution is -2.47. The molecule has 0 bridgehead atoms. The van der Waals surface area contributed by atoms with E-state index in [-0.39, 0.29) is 36.2 Å². The largest absolute Gasteiger partial charge is 0.482 e. The smallest absolute Gasteiger partial charge is 0.260 e. The van der Waals surface area contributed by atoms with Crippen molar-refractivity contribution in [2.45, 2.75) is 31.4 Å². The molecule has 9 heteroatoms. The van der Waals surface area contributed by atoms with Gasteiger partial charge in [0.25, 0.3) is 5.91 Å². The van der Waals surface area contributed by atoms with E-state index in [1.807, 2.05) is 0 Å². The van der Waals surface area contributed by atoms with Crippen molar-refractivity contribution >= 4 is 38.9 Å². The highest BCUT2D eigenvalue weighted by Crippen LogP contribution is 2.28. The van der Waals surface area contributed by atoms with Crippen molar-refractivity contribution in [2.24, 2.45) is 0 Å². The number of nitrogens with zero attached hydrogens (tertiary/aromatic N) is 1. The maximum atomic E-state index is 12.8. The van der Waals surface area contributed by atoms with E-state index in [1.54, 1.807) is 23.1 Å². The van der Waals surface area contributed by atoms with Gasteiger partial charge in [-0.25, -0.2) is 8.42 Å². The molecule has 0 spiro atoms. The van der Waals surface area contributed by atoms with Crippen LogP contribution in [0.3, 0.4) is 0 Å². The van der Waals surface area contributed by atoms with Crippen LogP contribution in [0.25, 0.3) is 0 Å². The fraction of sp³-hybridized carbons (Fsp3) is 0.588. The summed E-state index contributed by atoms with van der Waals surface area (Å²) in [4.78, 5) is 14.4. The van der Waals surface area contributed by atoms with Crippen LogP contribution >= 0.6 is 23.2 Å². The van der Waals surface area contributed by atoms with Crippen LogP contribution in [0.2, 0.25) is 10.0 Å². The summed E-state index contributed by atoms with van der Waals surface area (Å²) in [6, 6.07) is 4.43. The lowest BCUT2D eigenvalue weighted by Gasteiger charge is -2.30. The predicted molar refractivity (Wildman–Crippen MR) is 99.7 cm³/mol. The third kappa shape index (κ3) is 5.03. The number of amides is 1. The van der Waals surface area contributed by atoms with Gasteiger partial charge in [-0.2, -0.15) is 0 Å². The topological polar surface area (TPSA) is 72.9 Å². The van der Waals surface area contributed by atoms with Crippen molar-refractivity contribution in [1.82, 2.24) is 4.90 Å². The molecule has 2 atom stereocenters. The first-order valence-corrected chi connectivity index (χ1v) is 11.1. The Morgan fingerprint density at radius 1 is 1.31 bits per heavy atom. The number of carbonyl (C=O) groups is 1. The molecule has 0 N–H and O–H groups in total. The van der Waals surface area contributed by atoms with Crippen molar-refractivity contribution in [3.05, 3.63) is 28.2 Å². The normalized spacial score (nSPS) is 24.5. The molecule has 1 aromatic rings. The first-order chi connectivity index (χ1) is 12.3. The van der Waals surface area contributed by atoms with Crippen LogP contribution < -0.4 is 4.74 Å². The van der Waals surface area contributed by atoms with E-state index in [4.69, 9.17) is 32.7 Å². The van der Waals surface area contributed by atoms with Gasteiger partial charge in [0.05, 0.1) is 22.6 Å². The van der Waals surface area contributed by atoms with Gasteiger partial charge in [-0.1, -0.05) is 23.2 Å². The van der Waals surface area contributed by atoms with E-state index in [2.05, 4.69) is 0 Å². The van der Waals surface area contributed by atoms with Crippen LogP contribution in [-0.4, -0.2) is 62.6 Å². The molecule has 2 heterocycles. The summed E-state index contributed by atoms with van der Waals surface area (Å²) in [5.74, 6) is 0.138. The first-order valence-electron chi connectivity index (χ1n) is 8.53. The van der Waals surface area contributed by atoms with Gasteiger partial charge in [0, 0.05) is 30.3 Å². The van der Waals surface area contributed by atoms with Gasteiger partial charge < -0.3 is 14.4 Å². The summed E-state index contributed by atoms with van der Waals surface area (Å²) in [5, 5.41) is 0.811. The molecule has 0 aromatic heterocycles. The number of ether oxygens (including phenoxy) is 2. The van der Waals surface area contributed by atoms with E-state index >= 15 is 0 Å². The van der Waals surface area contributed by atoms with E-state index < -0.39 is 9.84 Å². The lowest BCUT2D eigenvalue weighted by molar-refractivity contribution is -0.137. The quantitative estimate of drug-likeness (QED) is 0.705. The summed E-state index contributed by atoms with van der Waals surface area (Å²) in [7, 11) is -3.10. The van der Waals surface area contributed by atoms with E-state index in [1.165, 1.54) is 0 Å². The molecular formula is C17H21Cl2NO5S. The van der Waals surface area contributed by atoms with Crippen LogP contribution in [0.15, 0.2) is 18.2 Å². The van der Waals surface area contributed by atoms with Crippen LogP contribution in [0.5, 0.6) is 5.75 Å². The monoisotopic (exact) mass is 421 g/mol. The van der Waals surface area contributed by atoms with Crippen molar-refractivity contribution in [2.75, 3.05) is 31.3 Å². The average molecular weight is 422 g/mol. The number of benzene rings is 1. The summed E-state index contributed by atoms with van der Waals surface area (Å²) in [6.07, 6.45) is 2.20. The van der Waals surface area contributed by atoms with Gasteiger partial charge in [0.15, 0.2) is 16.4 Å². The van der Waals surface area contributed by atoms with Crippen molar-refractivity contribution in [3.63, 3.8) is 0 Å². The molecule has 0 radical (unpaired) electrons. The van der Waals surface area contributed by atoms with E-state index in [9.17, 15) is 13.2 Å². The van der Waals surface area contributed by atoms with Crippen LogP contribution in [0, 0.1) is 0 Å². The van der Waals surface area contributed by atoms with Crippen molar-refractivity contribution in [1.29, 1.82) is 0 Å². The minimum atomic E-state index is -3.10. The fourth-order valence-corrected chi connectivity index (χ4v) is 5.36. The maximum absolute atomic E-state index is 12.8. The van der Waals surface area contributed by atoms with Crippen LogP contribution in [0.1, 0.15) is 19.3 Å². The number of rotatable bonds is 6. The molecule has 1 aromatic carbocycles. The van der Waals surface area contributed by atoms with Gasteiger partial charge in [-0.05, 0) is 31.4 Å². The number of hydrogen-bond acceptors (Lipinski definition) is 5. The molecule has 0 aliphatic carbocycles. The highest BCUT2D eigenvalue weighted by atomic mass is 35.5. The Kier molecular flexibility index (Phi) is 6.33. The van der Waals surface area contributed by atoms with E-state index in [0.29, 0.717) is 35.4 Å². The Balaban J connectivity index is 1.68. The fourth-order valence-electron chi connectivity index (χ4n) is 3.29. The third-order valence-electron chi connectivity index (χ3n) is 4.64. The molecule has 2 aliphatic rings. The number of carbonyl (C=O) groups excluding carboxylic acids is 1. The highest BCUT2D eigenvalue weighted by molar-refractivity contribution is 7.91. The molecule has 0 saturated carbocycles. The predicted octanol–water partition coefficient (Wildman–Crippen LogP) is 2.57. The number of sulfone groups is 1. The van der Waals surface area contributed by atoms with Gasteiger partial charge in [0.1, 0.15) is 5.75 Å². The number of halogens is 2. The Hall–Kier alpha value is -1.02. The Morgan fingerprint density at radius 2 is 2.12 bits per heavy atom. The van der Waals surface area contributed by atoms with Gasteiger partial charge in [-0.15, -0.1) is 0 Å². The summed E-state index contributed by atoms with van der Waals surface area (Å²) in [6.45, 7) is 0.819. The zero-order valence-corrected chi connectivity index (χ0v) is 16.5. The number of hydrogen-bond donors (Lipinski definition) is 0. The zero-order chi connectivity index (χ0) is 18.7. The summed E-state index contributed by atoms with van der Waals surface area (Å²) >= 11 is 12.0. The zero-order valence-electron chi connectivity index (χ0n) is 14.2. The lowest BCUT2D eigenvalue weighted by atomic mass is 10.1. The van der Waals surface area contributed by atoms with Gasteiger partial charge in [0.2, 0.25) is 0 Å². The Morgan fingerprint density at radius 3 is 2.77 bits per heavy atom. The average Bonchev–Trinajstić information content (AvgIpc) is 3.22. The Labute approximate surface area is 163 Å². The standard InChI is InChI=1S/C17H21Cl2NO5S/c18-12-3-4-15(19)16(8-12)25-10-17(21)20(9-14-2-1-6-24-14)13-5-7-26(22,23)11-13/h3-4,8,13-14H,1-2,5-7,9-11H2/t13-,14+/m1/s1. The second-order valence-corrected chi connectivity index (χ2v) is 9.67. The SMILES string of the molecule is O=C(COc1cc(Cl)ccc1Cl)N(C[C@@H]1CCCO1)[C@@H]1CCS(=O)(=O)C1. The minimum Gasteiger partial charge on any atom is -0.482 e. The second kappa shape index (κ2) is 8.33.